The zero-order chi connectivity index (χ0) is 19.1. The fraction of sp³-hybridized carbons (Fsp3) is 0.222. The standard InChI is InChI=1S/C18H19N6O2S/c1-2-14-12-15(21-22-18-20-13-17(27-18)24(25)26)6-7-16(14)19-8-11-23-9-4-3-5-10-23/h3-7,9-10,12-13,19H,2,8,11H2,1H3/q+1. The first-order valence-electron chi connectivity index (χ1n) is 8.48. The summed E-state index contributed by atoms with van der Waals surface area (Å²) in [7, 11) is 0. The molecule has 1 aromatic carbocycles. The van der Waals surface area contributed by atoms with Gasteiger partial charge in [0, 0.05) is 17.8 Å². The van der Waals surface area contributed by atoms with E-state index >= 15 is 0 Å². The van der Waals surface area contributed by atoms with E-state index in [1.54, 1.807) is 0 Å². The van der Waals surface area contributed by atoms with Crippen molar-refractivity contribution in [3.8, 4) is 0 Å². The Morgan fingerprint density at radius 2 is 2.07 bits per heavy atom. The lowest BCUT2D eigenvalue weighted by Gasteiger charge is -2.10. The summed E-state index contributed by atoms with van der Waals surface area (Å²) in [6, 6.07) is 11.8. The molecule has 27 heavy (non-hydrogen) atoms. The van der Waals surface area contributed by atoms with E-state index in [-0.39, 0.29) is 10.1 Å². The lowest BCUT2D eigenvalue weighted by atomic mass is 10.1. The van der Waals surface area contributed by atoms with Crippen molar-refractivity contribution in [3.63, 3.8) is 0 Å². The number of azo groups is 1. The van der Waals surface area contributed by atoms with Crippen LogP contribution in [0.3, 0.4) is 0 Å². The van der Waals surface area contributed by atoms with Crippen LogP contribution in [0.4, 0.5) is 21.5 Å². The van der Waals surface area contributed by atoms with E-state index in [0.29, 0.717) is 5.69 Å². The van der Waals surface area contributed by atoms with Gasteiger partial charge in [-0.2, -0.15) is 0 Å². The van der Waals surface area contributed by atoms with Gasteiger partial charge in [-0.15, -0.1) is 10.2 Å². The molecule has 0 aliphatic heterocycles. The number of nitrogens with one attached hydrogen (secondary N) is 1. The molecular weight excluding hydrogens is 364 g/mol. The molecule has 8 nitrogen and oxygen atoms in total. The summed E-state index contributed by atoms with van der Waals surface area (Å²) in [5, 5.41) is 22.5. The Balaban J connectivity index is 1.64. The summed E-state index contributed by atoms with van der Waals surface area (Å²) in [5.41, 5.74) is 2.89. The van der Waals surface area contributed by atoms with Crippen LogP contribution in [0.5, 0.6) is 0 Å². The molecule has 0 aliphatic rings. The van der Waals surface area contributed by atoms with Gasteiger partial charge in [-0.25, -0.2) is 9.55 Å². The number of hydrogen-bond donors (Lipinski definition) is 1. The first-order chi connectivity index (χ1) is 13.2. The average Bonchev–Trinajstić information content (AvgIpc) is 3.17. The molecule has 0 unspecified atom stereocenters. The quantitative estimate of drug-likeness (QED) is 0.269. The van der Waals surface area contributed by atoms with Crippen molar-refractivity contribution in [2.24, 2.45) is 10.2 Å². The molecule has 9 heteroatoms. The predicted molar refractivity (Wildman–Crippen MR) is 104 cm³/mol. The van der Waals surface area contributed by atoms with Crippen LogP contribution < -0.4 is 9.88 Å². The molecule has 0 spiro atoms. The fourth-order valence-corrected chi connectivity index (χ4v) is 3.05. The molecule has 2 aromatic heterocycles. The van der Waals surface area contributed by atoms with E-state index in [2.05, 4.69) is 32.0 Å². The van der Waals surface area contributed by atoms with Crippen LogP contribution in [-0.4, -0.2) is 16.5 Å². The van der Waals surface area contributed by atoms with Crippen molar-refractivity contribution in [2.45, 2.75) is 19.9 Å². The number of anilines is 1. The smallest absolute Gasteiger partial charge is 0.345 e. The Labute approximate surface area is 160 Å². The minimum Gasteiger partial charge on any atom is -0.378 e. The largest absolute Gasteiger partial charge is 0.378 e. The van der Waals surface area contributed by atoms with Crippen LogP contribution in [0, 0.1) is 10.1 Å². The minimum absolute atomic E-state index is 0.0472. The third-order valence-corrected chi connectivity index (χ3v) is 4.68. The van der Waals surface area contributed by atoms with Crippen molar-refractivity contribution in [1.29, 1.82) is 0 Å². The lowest BCUT2D eigenvalue weighted by molar-refractivity contribution is -0.694. The molecule has 3 aromatic rings. The Bertz CT molecular complexity index is 942. The summed E-state index contributed by atoms with van der Waals surface area (Å²) in [6.45, 7) is 3.76. The highest BCUT2D eigenvalue weighted by Crippen LogP contribution is 2.29. The fourth-order valence-electron chi connectivity index (χ4n) is 2.50. The predicted octanol–water partition coefficient (Wildman–Crippen LogP) is 4.43. The Morgan fingerprint density at radius 3 is 2.78 bits per heavy atom. The maximum Gasteiger partial charge on any atom is 0.345 e. The van der Waals surface area contributed by atoms with E-state index in [0.717, 1.165) is 42.1 Å². The molecule has 0 radical (unpaired) electrons. The number of nitrogens with zero attached hydrogens (tertiary/aromatic N) is 5. The maximum atomic E-state index is 10.7. The van der Waals surface area contributed by atoms with Gasteiger partial charge in [0.05, 0.1) is 17.2 Å². The van der Waals surface area contributed by atoms with E-state index in [1.165, 1.54) is 6.20 Å². The molecule has 1 N–H and O–H groups in total. The summed E-state index contributed by atoms with van der Waals surface area (Å²) in [6.07, 6.45) is 6.12. The number of benzene rings is 1. The van der Waals surface area contributed by atoms with Crippen molar-refractivity contribution in [1.82, 2.24) is 4.98 Å². The molecule has 2 heterocycles. The lowest BCUT2D eigenvalue weighted by Crippen LogP contribution is -2.36. The van der Waals surface area contributed by atoms with E-state index < -0.39 is 4.92 Å². The van der Waals surface area contributed by atoms with Gasteiger partial charge in [0.1, 0.15) is 6.20 Å². The minimum atomic E-state index is -0.486. The maximum absolute atomic E-state index is 10.7. The van der Waals surface area contributed by atoms with Gasteiger partial charge in [0.25, 0.3) is 0 Å². The summed E-state index contributed by atoms with van der Waals surface area (Å²) < 4.78 is 2.12. The van der Waals surface area contributed by atoms with Crippen LogP contribution in [0.2, 0.25) is 0 Å². The third-order valence-electron chi connectivity index (χ3n) is 3.84. The first kappa shape index (κ1) is 18.6. The van der Waals surface area contributed by atoms with Gasteiger partial charge >= 0.3 is 5.00 Å². The van der Waals surface area contributed by atoms with E-state index in [9.17, 15) is 10.1 Å². The molecule has 0 bridgehead atoms. The van der Waals surface area contributed by atoms with Crippen molar-refractivity contribution in [2.75, 3.05) is 11.9 Å². The van der Waals surface area contributed by atoms with Gasteiger partial charge < -0.3 is 5.32 Å². The van der Waals surface area contributed by atoms with Crippen molar-refractivity contribution >= 4 is 32.8 Å². The molecule has 0 fully saturated rings. The average molecular weight is 383 g/mol. The Hall–Kier alpha value is -3.20. The van der Waals surface area contributed by atoms with Crippen LogP contribution in [0.25, 0.3) is 0 Å². The second-order valence-corrected chi connectivity index (χ2v) is 6.66. The SMILES string of the molecule is CCc1cc(N=Nc2ncc([N+](=O)[O-])s2)ccc1NCC[n+]1ccccc1. The van der Waals surface area contributed by atoms with Crippen LogP contribution in [-0.2, 0) is 13.0 Å². The number of thiazole rings is 1. The Morgan fingerprint density at radius 1 is 1.26 bits per heavy atom. The first-order valence-corrected chi connectivity index (χ1v) is 9.30. The Kier molecular flexibility index (Phi) is 6.16. The van der Waals surface area contributed by atoms with Crippen molar-refractivity contribution < 1.29 is 9.49 Å². The highest BCUT2D eigenvalue weighted by molar-refractivity contribution is 7.18. The van der Waals surface area contributed by atoms with Gasteiger partial charge in [0.2, 0.25) is 5.13 Å². The summed E-state index contributed by atoms with van der Waals surface area (Å²) in [5.74, 6) is 0. The number of hydrogen-bond acceptors (Lipinski definition) is 7. The zero-order valence-electron chi connectivity index (χ0n) is 14.8. The molecule has 3 rings (SSSR count). The van der Waals surface area contributed by atoms with Gasteiger partial charge in [-0.3, -0.25) is 10.1 Å². The number of nitro groups is 1. The molecule has 138 valence electrons. The third kappa shape index (κ3) is 5.14. The topological polar surface area (TPSA) is 96.7 Å². The zero-order valence-corrected chi connectivity index (χ0v) is 15.6. The second-order valence-electron chi connectivity index (χ2n) is 5.67. The number of rotatable bonds is 8. The molecule has 0 saturated carbocycles. The highest BCUT2D eigenvalue weighted by Gasteiger charge is 2.11. The molecule has 0 amide bonds. The molecule has 0 saturated heterocycles. The second kappa shape index (κ2) is 8.95. The monoisotopic (exact) mass is 383 g/mol. The van der Waals surface area contributed by atoms with Gasteiger partial charge in [-0.05, 0) is 41.5 Å². The van der Waals surface area contributed by atoms with Crippen LogP contribution in [0.15, 0.2) is 65.2 Å². The highest BCUT2D eigenvalue weighted by atomic mass is 32.1. The summed E-state index contributed by atoms with van der Waals surface area (Å²) in [4.78, 5) is 14.1. The molecule has 0 atom stereocenters. The summed E-state index contributed by atoms with van der Waals surface area (Å²) >= 11 is 0.897. The van der Waals surface area contributed by atoms with Gasteiger partial charge in [-0.1, -0.05) is 13.0 Å². The van der Waals surface area contributed by atoms with Gasteiger partial charge in [0.15, 0.2) is 18.9 Å². The molecule has 0 aliphatic carbocycles. The van der Waals surface area contributed by atoms with Crippen LogP contribution >= 0.6 is 11.3 Å². The van der Waals surface area contributed by atoms with Crippen molar-refractivity contribution in [3.05, 3.63) is 70.7 Å². The number of pyridine rings is 1. The number of aromatic nitrogens is 2. The number of aryl methyl sites for hydroxylation is 1. The van der Waals surface area contributed by atoms with Crippen LogP contribution in [0.1, 0.15) is 12.5 Å². The molecular formula is C18H19N6O2S+. The van der Waals surface area contributed by atoms with E-state index in [1.807, 2.05) is 48.8 Å². The normalized spacial score (nSPS) is 11.0. The van der Waals surface area contributed by atoms with E-state index in [4.69, 9.17) is 0 Å².